The second-order valence-electron chi connectivity index (χ2n) is 7.81. The Kier molecular flexibility index (Phi) is 6.36. The molecule has 0 N–H and O–H groups in total. The molecule has 6 heteroatoms. The lowest BCUT2D eigenvalue weighted by Crippen LogP contribution is -2.13. The van der Waals surface area contributed by atoms with Crippen LogP contribution in [0.3, 0.4) is 0 Å². The molecule has 0 amide bonds. The monoisotopic (exact) mass is 398 g/mol. The van der Waals surface area contributed by atoms with E-state index in [1.165, 1.54) is 57.1 Å². The van der Waals surface area contributed by atoms with Gasteiger partial charge in [0, 0.05) is 0 Å². The molecule has 0 atom stereocenters. The summed E-state index contributed by atoms with van der Waals surface area (Å²) in [7, 11) is -9.55. The van der Waals surface area contributed by atoms with Gasteiger partial charge in [0.1, 0.15) is 4.90 Å². The third kappa shape index (κ3) is 6.75. The molecule has 0 heterocycles. The van der Waals surface area contributed by atoms with Crippen LogP contribution in [-0.4, -0.2) is 0 Å². The van der Waals surface area contributed by atoms with Gasteiger partial charge in [-0.05, 0) is 55.2 Å². The Bertz CT molecular complexity index is 556. The lowest BCUT2D eigenvalue weighted by Gasteiger charge is -2.40. The molecule has 0 aliphatic heterocycles. The topological polar surface area (TPSA) is 0 Å². The van der Waals surface area contributed by atoms with Crippen molar-refractivity contribution in [2.75, 3.05) is 0 Å². The Morgan fingerprint density at radius 1 is 0.769 bits per heavy atom. The number of hydrogen-bond donors (Lipinski definition) is 0. The van der Waals surface area contributed by atoms with Gasteiger partial charge in [-0.15, -0.1) is 0 Å². The van der Waals surface area contributed by atoms with Crippen LogP contribution in [0.2, 0.25) is 0 Å². The molecule has 1 aliphatic carbocycles. The maximum Gasteiger partial charge on any atom is 0.310 e. The summed E-state index contributed by atoms with van der Waals surface area (Å²) in [6, 6.07) is 3.59. The van der Waals surface area contributed by atoms with E-state index in [1.807, 2.05) is 0 Å². The van der Waals surface area contributed by atoms with Crippen molar-refractivity contribution in [3.63, 3.8) is 0 Å². The standard InChI is InChI=1S/C20H31F5S/c1-2-3-4-5-6-7-8-17-9-11-18(12-10-17)19-13-15-20(16-14-19)26(21,22,23,24)25/h13-18H,2-12H2,1H3/t17-,18-. The van der Waals surface area contributed by atoms with Crippen molar-refractivity contribution in [2.24, 2.45) is 5.92 Å². The van der Waals surface area contributed by atoms with Crippen LogP contribution in [-0.2, 0) is 0 Å². The fraction of sp³-hybridized carbons (Fsp3) is 0.700. The summed E-state index contributed by atoms with van der Waals surface area (Å²) in [5.41, 5.74) is 0.758. The molecule has 0 saturated heterocycles. The number of halogens is 5. The first kappa shape index (κ1) is 21.5. The summed E-state index contributed by atoms with van der Waals surface area (Å²) >= 11 is 0. The zero-order valence-corrected chi connectivity index (χ0v) is 16.4. The predicted molar refractivity (Wildman–Crippen MR) is 101 cm³/mol. The van der Waals surface area contributed by atoms with Crippen LogP contribution in [0.15, 0.2) is 29.2 Å². The Hall–Kier alpha value is -0.780. The molecule has 0 bridgehead atoms. The molecule has 0 spiro atoms. The highest BCUT2D eigenvalue weighted by Crippen LogP contribution is 3.02. The molecule has 1 aromatic rings. The van der Waals surface area contributed by atoms with Crippen LogP contribution >= 0.6 is 10.2 Å². The van der Waals surface area contributed by atoms with Crippen LogP contribution in [0, 0.1) is 5.92 Å². The summed E-state index contributed by atoms with van der Waals surface area (Å²) < 4.78 is 63.9. The van der Waals surface area contributed by atoms with Gasteiger partial charge in [-0.2, -0.15) is 0 Å². The fourth-order valence-electron chi connectivity index (χ4n) is 3.99. The molecule has 2 rings (SSSR count). The first-order valence-electron chi connectivity index (χ1n) is 9.83. The van der Waals surface area contributed by atoms with Gasteiger partial charge in [-0.25, -0.2) is 0 Å². The van der Waals surface area contributed by atoms with E-state index < -0.39 is 15.1 Å². The summed E-state index contributed by atoms with van der Waals surface area (Å²) in [5, 5.41) is 0. The minimum atomic E-state index is -9.55. The summed E-state index contributed by atoms with van der Waals surface area (Å²) in [4.78, 5) is -1.79. The molecule has 1 fully saturated rings. The molecule has 152 valence electrons. The third-order valence-electron chi connectivity index (χ3n) is 5.61. The minimum absolute atomic E-state index is 0.198. The van der Waals surface area contributed by atoms with Crippen LogP contribution in [0.5, 0.6) is 0 Å². The van der Waals surface area contributed by atoms with Gasteiger partial charge in [0.05, 0.1) is 0 Å². The van der Waals surface area contributed by atoms with Crippen molar-refractivity contribution in [3.05, 3.63) is 29.8 Å². The van der Waals surface area contributed by atoms with Gasteiger partial charge in [0.25, 0.3) is 0 Å². The number of hydrogen-bond acceptors (Lipinski definition) is 0. The smallest absolute Gasteiger partial charge is 0.0936 e. The van der Waals surface area contributed by atoms with E-state index in [0.29, 0.717) is 18.1 Å². The van der Waals surface area contributed by atoms with Gasteiger partial charge < -0.3 is 0 Å². The van der Waals surface area contributed by atoms with Crippen molar-refractivity contribution in [1.82, 2.24) is 0 Å². The van der Waals surface area contributed by atoms with E-state index in [-0.39, 0.29) is 5.92 Å². The molecular formula is C20H31F5S. The Labute approximate surface area is 154 Å². The quantitative estimate of drug-likeness (QED) is 0.287. The minimum Gasteiger partial charge on any atom is -0.0936 e. The average Bonchev–Trinajstić information content (AvgIpc) is 2.57. The van der Waals surface area contributed by atoms with E-state index in [4.69, 9.17) is 0 Å². The second-order valence-corrected chi connectivity index (χ2v) is 10.2. The highest BCUT2D eigenvalue weighted by molar-refractivity contribution is 8.45. The second kappa shape index (κ2) is 7.69. The van der Waals surface area contributed by atoms with Crippen molar-refractivity contribution in [1.29, 1.82) is 0 Å². The van der Waals surface area contributed by atoms with E-state index in [9.17, 15) is 19.4 Å². The summed E-state index contributed by atoms with van der Waals surface area (Å²) in [5.74, 6) is 0.907. The zero-order chi connectivity index (χ0) is 19.3. The molecular weight excluding hydrogens is 367 g/mol. The molecule has 0 unspecified atom stereocenters. The van der Waals surface area contributed by atoms with Crippen LogP contribution in [0.25, 0.3) is 0 Å². The Morgan fingerprint density at radius 3 is 1.85 bits per heavy atom. The van der Waals surface area contributed by atoms with Gasteiger partial charge in [-0.1, -0.05) is 83.4 Å². The predicted octanol–water partition coefficient (Wildman–Crippen LogP) is 9.37. The zero-order valence-electron chi connectivity index (χ0n) is 15.5. The lowest BCUT2D eigenvalue weighted by atomic mass is 9.77. The number of rotatable bonds is 9. The molecule has 26 heavy (non-hydrogen) atoms. The van der Waals surface area contributed by atoms with Crippen molar-refractivity contribution < 1.29 is 19.4 Å². The van der Waals surface area contributed by atoms with Crippen LogP contribution in [0.1, 0.15) is 89.0 Å². The first-order valence-corrected chi connectivity index (χ1v) is 11.8. The van der Waals surface area contributed by atoms with Crippen LogP contribution < -0.4 is 0 Å². The lowest BCUT2D eigenvalue weighted by molar-refractivity contribution is 0.301. The Morgan fingerprint density at radius 2 is 1.31 bits per heavy atom. The van der Waals surface area contributed by atoms with Crippen LogP contribution in [0.4, 0.5) is 19.4 Å². The molecule has 0 aromatic heterocycles. The average molecular weight is 399 g/mol. The molecule has 0 nitrogen and oxygen atoms in total. The van der Waals surface area contributed by atoms with Gasteiger partial charge >= 0.3 is 10.2 Å². The molecule has 1 saturated carbocycles. The summed E-state index contributed by atoms with van der Waals surface area (Å²) in [6.45, 7) is 2.21. The first-order chi connectivity index (χ1) is 12.0. The molecule has 1 aliphatic rings. The fourth-order valence-corrected chi connectivity index (χ4v) is 4.65. The maximum absolute atomic E-state index is 12.8. The van der Waals surface area contributed by atoms with Crippen molar-refractivity contribution in [2.45, 2.75) is 88.4 Å². The van der Waals surface area contributed by atoms with Crippen molar-refractivity contribution in [3.8, 4) is 0 Å². The molecule has 0 radical (unpaired) electrons. The van der Waals surface area contributed by atoms with Gasteiger partial charge in [0.15, 0.2) is 0 Å². The van der Waals surface area contributed by atoms with Gasteiger partial charge in [-0.3, -0.25) is 0 Å². The van der Waals surface area contributed by atoms with E-state index in [1.54, 1.807) is 0 Å². The largest absolute Gasteiger partial charge is 0.310 e. The van der Waals surface area contributed by atoms with E-state index in [2.05, 4.69) is 6.92 Å². The highest BCUT2D eigenvalue weighted by Gasteiger charge is 2.65. The normalized spacial score (nSPS) is 24.1. The van der Waals surface area contributed by atoms with Crippen molar-refractivity contribution >= 4 is 10.2 Å². The van der Waals surface area contributed by atoms with E-state index in [0.717, 1.165) is 31.2 Å². The highest BCUT2D eigenvalue weighted by atomic mass is 32.5. The molecule has 1 aromatic carbocycles. The maximum atomic E-state index is 12.8. The number of unbranched alkanes of at least 4 members (excludes halogenated alkanes) is 5. The third-order valence-corrected chi connectivity index (χ3v) is 6.77. The summed E-state index contributed by atoms with van der Waals surface area (Å²) in [6.07, 6.45) is 13.0. The van der Waals surface area contributed by atoms with Gasteiger partial charge in [0.2, 0.25) is 0 Å². The van der Waals surface area contributed by atoms with E-state index >= 15 is 0 Å². The Balaban J connectivity index is 1.78. The SMILES string of the molecule is CCCCCCCC[C@H]1CC[C@H](c2ccc(S(F)(F)(F)(F)F)cc2)CC1. The number of benzene rings is 1.